The standard InChI is InChI=1S/C12H20N2/c1-10(2)11(3)14-13-9-12-7-5-4-6-8-12/h4-8,10-11,13-14H,9H2,1-3H3/t11-/m0/s1. The third kappa shape index (κ3) is 3.90. The second-order valence-electron chi connectivity index (χ2n) is 4.02. The molecule has 2 N–H and O–H groups in total. The third-order valence-corrected chi connectivity index (χ3v) is 2.47. The quantitative estimate of drug-likeness (QED) is 0.700. The fraction of sp³-hybridized carbons (Fsp3) is 0.500. The van der Waals surface area contributed by atoms with Crippen molar-refractivity contribution in [3.63, 3.8) is 0 Å². The molecule has 0 fully saturated rings. The van der Waals surface area contributed by atoms with Crippen molar-refractivity contribution in [1.82, 2.24) is 10.9 Å². The van der Waals surface area contributed by atoms with Crippen molar-refractivity contribution in [1.29, 1.82) is 0 Å². The van der Waals surface area contributed by atoms with E-state index in [1.165, 1.54) is 5.56 Å². The number of nitrogens with one attached hydrogen (secondary N) is 2. The lowest BCUT2D eigenvalue weighted by atomic mass is 10.1. The van der Waals surface area contributed by atoms with Crippen molar-refractivity contribution in [3.8, 4) is 0 Å². The Morgan fingerprint density at radius 3 is 2.29 bits per heavy atom. The Morgan fingerprint density at radius 2 is 1.71 bits per heavy atom. The Bertz CT molecular complexity index is 244. The molecule has 0 heterocycles. The zero-order chi connectivity index (χ0) is 10.4. The second-order valence-corrected chi connectivity index (χ2v) is 4.02. The van der Waals surface area contributed by atoms with Gasteiger partial charge >= 0.3 is 0 Å². The van der Waals surface area contributed by atoms with Gasteiger partial charge in [0.15, 0.2) is 0 Å². The van der Waals surface area contributed by atoms with Gasteiger partial charge in [0, 0.05) is 12.6 Å². The second kappa shape index (κ2) is 5.78. The first kappa shape index (κ1) is 11.2. The molecule has 0 saturated heterocycles. The minimum atomic E-state index is 0.499. The highest BCUT2D eigenvalue weighted by molar-refractivity contribution is 5.13. The van der Waals surface area contributed by atoms with E-state index in [0.29, 0.717) is 12.0 Å². The fourth-order valence-electron chi connectivity index (χ4n) is 1.08. The van der Waals surface area contributed by atoms with Crippen LogP contribution in [0.4, 0.5) is 0 Å². The van der Waals surface area contributed by atoms with E-state index in [2.05, 4.69) is 55.9 Å². The molecule has 0 amide bonds. The van der Waals surface area contributed by atoms with Gasteiger partial charge in [-0.15, -0.1) is 0 Å². The molecule has 14 heavy (non-hydrogen) atoms. The molecule has 0 unspecified atom stereocenters. The molecule has 0 saturated carbocycles. The van der Waals surface area contributed by atoms with E-state index < -0.39 is 0 Å². The summed E-state index contributed by atoms with van der Waals surface area (Å²) in [5, 5.41) is 0. The highest BCUT2D eigenvalue weighted by atomic mass is 15.4. The van der Waals surface area contributed by atoms with Crippen LogP contribution in [0.25, 0.3) is 0 Å². The fourth-order valence-corrected chi connectivity index (χ4v) is 1.08. The maximum absolute atomic E-state index is 3.28. The molecule has 1 rings (SSSR count). The maximum atomic E-state index is 3.28. The van der Waals surface area contributed by atoms with E-state index in [-0.39, 0.29) is 0 Å². The molecule has 0 aliphatic heterocycles. The van der Waals surface area contributed by atoms with Crippen LogP contribution in [-0.4, -0.2) is 6.04 Å². The van der Waals surface area contributed by atoms with Crippen molar-refractivity contribution >= 4 is 0 Å². The SMILES string of the molecule is CC(C)[C@H](C)NNCc1ccccc1. The molecule has 1 aromatic rings. The third-order valence-electron chi connectivity index (χ3n) is 2.47. The molecule has 0 radical (unpaired) electrons. The Hall–Kier alpha value is -0.860. The monoisotopic (exact) mass is 192 g/mol. The molecule has 2 nitrogen and oxygen atoms in total. The number of hydrogen-bond donors (Lipinski definition) is 2. The van der Waals surface area contributed by atoms with Gasteiger partial charge in [-0.25, -0.2) is 0 Å². The molecule has 2 heteroatoms. The van der Waals surface area contributed by atoms with E-state index in [9.17, 15) is 0 Å². The molecular formula is C12H20N2. The summed E-state index contributed by atoms with van der Waals surface area (Å²) in [5.41, 5.74) is 7.82. The van der Waals surface area contributed by atoms with Gasteiger partial charge < -0.3 is 0 Å². The molecular weight excluding hydrogens is 172 g/mol. The summed E-state index contributed by atoms with van der Waals surface area (Å²) < 4.78 is 0. The van der Waals surface area contributed by atoms with E-state index in [1.54, 1.807) is 0 Å². The van der Waals surface area contributed by atoms with Crippen molar-refractivity contribution < 1.29 is 0 Å². The lowest BCUT2D eigenvalue weighted by molar-refractivity contribution is 0.369. The van der Waals surface area contributed by atoms with E-state index in [4.69, 9.17) is 0 Å². The minimum Gasteiger partial charge on any atom is -0.254 e. The van der Waals surface area contributed by atoms with Gasteiger partial charge in [0.25, 0.3) is 0 Å². The van der Waals surface area contributed by atoms with Crippen LogP contribution < -0.4 is 10.9 Å². The lowest BCUT2D eigenvalue weighted by Gasteiger charge is -2.18. The van der Waals surface area contributed by atoms with Gasteiger partial charge in [0.2, 0.25) is 0 Å². The smallest absolute Gasteiger partial charge is 0.0351 e. The van der Waals surface area contributed by atoms with Crippen LogP contribution in [0.3, 0.4) is 0 Å². The molecule has 0 bridgehead atoms. The van der Waals surface area contributed by atoms with Gasteiger partial charge in [0.1, 0.15) is 0 Å². The molecule has 1 aromatic carbocycles. The van der Waals surface area contributed by atoms with Crippen molar-refractivity contribution in [3.05, 3.63) is 35.9 Å². The largest absolute Gasteiger partial charge is 0.254 e. The Kier molecular flexibility index (Phi) is 4.63. The van der Waals surface area contributed by atoms with Crippen LogP contribution in [0.1, 0.15) is 26.3 Å². The molecule has 0 aliphatic rings. The predicted octanol–water partition coefficient (Wildman–Crippen LogP) is 2.33. The van der Waals surface area contributed by atoms with Crippen LogP contribution in [0, 0.1) is 5.92 Å². The molecule has 0 spiro atoms. The summed E-state index contributed by atoms with van der Waals surface area (Å²) >= 11 is 0. The predicted molar refractivity (Wildman–Crippen MR) is 60.7 cm³/mol. The first-order valence-electron chi connectivity index (χ1n) is 5.22. The number of hydrazine groups is 1. The highest BCUT2D eigenvalue weighted by Crippen LogP contribution is 1.99. The Balaban J connectivity index is 2.22. The van der Waals surface area contributed by atoms with E-state index >= 15 is 0 Å². The molecule has 0 aromatic heterocycles. The van der Waals surface area contributed by atoms with Crippen LogP contribution >= 0.6 is 0 Å². The topological polar surface area (TPSA) is 24.1 Å². The average Bonchev–Trinajstić information content (AvgIpc) is 2.19. The molecule has 0 aliphatic carbocycles. The van der Waals surface area contributed by atoms with Crippen LogP contribution in [0.15, 0.2) is 30.3 Å². The maximum Gasteiger partial charge on any atom is 0.0351 e. The van der Waals surface area contributed by atoms with Crippen molar-refractivity contribution in [2.45, 2.75) is 33.4 Å². The number of benzene rings is 1. The number of hydrogen-bond acceptors (Lipinski definition) is 2. The highest BCUT2D eigenvalue weighted by Gasteiger charge is 2.04. The van der Waals surface area contributed by atoms with Gasteiger partial charge in [-0.2, -0.15) is 0 Å². The van der Waals surface area contributed by atoms with Gasteiger partial charge in [-0.05, 0) is 18.4 Å². The van der Waals surface area contributed by atoms with E-state index in [1.807, 2.05) is 6.07 Å². The first-order chi connectivity index (χ1) is 6.70. The van der Waals surface area contributed by atoms with Crippen LogP contribution in [0.5, 0.6) is 0 Å². The van der Waals surface area contributed by atoms with Gasteiger partial charge in [-0.1, -0.05) is 44.2 Å². The summed E-state index contributed by atoms with van der Waals surface area (Å²) in [6.45, 7) is 7.48. The summed E-state index contributed by atoms with van der Waals surface area (Å²) in [7, 11) is 0. The minimum absolute atomic E-state index is 0.499. The average molecular weight is 192 g/mol. The van der Waals surface area contributed by atoms with E-state index in [0.717, 1.165) is 6.54 Å². The van der Waals surface area contributed by atoms with Gasteiger partial charge in [0.05, 0.1) is 0 Å². The zero-order valence-electron chi connectivity index (χ0n) is 9.25. The zero-order valence-corrected chi connectivity index (χ0v) is 9.25. The first-order valence-corrected chi connectivity index (χ1v) is 5.22. The Morgan fingerprint density at radius 1 is 1.07 bits per heavy atom. The lowest BCUT2D eigenvalue weighted by Crippen LogP contribution is -2.41. The van der Waals surface area contributed by atoms with Crippen molar-refractivity contribution in [2.24, 2.45) is 5.92 Å². The Labute approximate surface area is 86.7 Å². The molecule has 78 valence electrons. The normalized spacial score (nSPS) is 13.1. The summed E-state index contributed by atoms with van der Waals surface area (Å²) in [6, 6.07) is 10.9. The summed E-state index contributed by atoms with van der Waals surface area (Å²) in [6.07, 6.45) is 0. The summed E-state index contributed by atoms with van der Waals surface area (Å²) in [5.74, 6) is 0.651. The summed E-state index contributed by atoms with van der Waals surface area (Å²) in [4.78, 5) is 0. The van der Waals surface area contributed by atoms with Crippen molar-refractivity contribution in [2.75, 3.05) is 0 Å². The number of rotatable bonds is 5. The van der Waals surface area contributed by atoms with Gasteiger partial charge in [-0.3, -0.25) is 10.9 Å². The van der Waals surface area contributed by atoms with Crippen LogP contribution in [0.2, 0.25) is 0 Å². The van der Waals surface area contributed by atoms with Crippen LogP contribution in [-0.2, 0) is 6.54 Å². The molecule has 1 atom stereocenters.